The predicted molar refractivity (Wildman–Crippen MR) is 110 cm³/mol. The van der Waals surface area contributed by atoms with Gasteiger partial charge in [-0.25, -0.2) is 4.79 Å². The van der Waals surface area contributed by atoms with Crippen molar-refractivity contribution in [2.45, 2.75) is 6.61 Å². The van der Waals surface area contributed by atoms with Crippen LogP contribution in [0.5, 0.6) is 11.5 Å². The normalized spacial score (nSPS) is 10.5. The lowest BCUT2D eigenvalue weighted by Crippen LogP contribution is -2.00. The summed E-state index contributed by atoms with van der Waals surface area (Å²) in [4.78, 5) is 11.5. The number of halogens is 3. The first-order valence-corrected chi connectivity index (χ1v) is 9.22. The quantitative estimate of drug-likeness (QED) is 0.303. The first-order chi connectivity index (χ1) is 12.9. The summed E-state index contributed by atoms with van der Waals surface area (Å²) < 4.78 is 16.7. The largest absolute Gasteiger partial charge is 0.493 e. The lowest BCUT2D eigenvalue weighted by molar-refractivity contribution is -0.136. The summed E-state index contributed by atoms with van der Waals surface area (Å²) >= 11 is 15.4. The smallest absolute Gasteiger partial charge is 0.331 e. The van der Waals surface area contributed by atoms with E-state index >= 15 is 0 Å². The molecule has 0 heterocycles. The van der Waals surface area contributed by atoms with Crippen molar-refractivity contribution in [3.63, 3.8) is 0 Å². The highest BCUT2D eigenvalue weighted by Crippen LogP contribution is 2.37. The zero-order valence-electron chi connectivity index (χ0n) is 14.3. The van der Waals surface area contributed by atoms with Crippen molar-refractivity contribution in [2.24, 2.45) is 0 Å². The monoisotopic (exact) mass is 468 g/mol. The van der Waals surface area contributed by atoms with Crippen molar-refractivity contribution in [3.05, 3.63) is 62.1 Å². The number of benzene rings is 2. The van der Waals surface area contributed by atoms with Gasteiger partial charge in [-0.1, -0.05) is 35.2 Å². The van der Waals surface area contributed by atoms with Crippen molar-refractivity contribution in [3.8, 4) is 23.8 Å². The molecule has 0 radical (unpaired) electrons. The lowest BCUT2D eigenvalue weighted by Gasteiger charge is -2.14. The molecule has 140 valence electrons. The Bertz CT molecular complexity index is 904. The van der Waals surface area contributed by atoms with E-state index in [4.69, 9.17) is 43.8 Å². The van der Waals surface area contributed by atoms with Crippen molar-refractivity contribution in [2.75, 3.05) is 13.7 Å². The van der Waals surface area contributed by atoms with Crippen LogP contribution in [0.2, 0.25) is 10.0 Å². The number of carbonyl (C=O) groups is 1. The maximum absolute atomic E-state index is 11.5. The van der Waals surface area contributed by atoms with Crippen molar-refractivity contribution in [1.82, 2.24) is 0 Å². The molecule has 2 rings (SSSR count). The third-order valence-electron chi connectivity index (χ3n) is 3.33. The van der Waals surface area contributed by atoms with E-state index in [9.17, 15) is 4.79 Å². The van der Waals surface area contributed by atoms with Crippen LogP contribution in [0.25, 0.3) is 6.08 Å². The summed E-state index contributed by atoms with van der Waals surface area (Å²) in [6, 6.07) is 8.80. The van der Waals surface area contributed by atoms with Crippen molar-refractivity contribution in [1.29, 1.82) is 0 Å². The van der Waals surface area contributed by atoms with Gasteiger partial charge in [0.25, 0.3) is 0 Å². The lowest BCUT2D eigenvalue weighted by atomic mass is 10.2. The summed E-state index contributed by atoms with van der Waals surface area (Å²) in [5.41, 5.74) is 1.58. The Morgan fingerprint density at radius 3 is 2.70 bits per heavy atom. The molecule has 0 aromatic heterocycles. The van der Waals surface area contributed by atoms with Gasteiger partial charge in [-0.3, -0.25) is 0 Å². The second-order valence-corrected chi connectivity index (χ2v) is 6.89. The third kappa shape index (κ3) is 6.21. The molecule has 0 amide bonds. The van der Waals surface area contributed by atoms with E-state index < -0.39 is 5.97 Å². The molecule has 0 saturated heterocycles. The van der Waals surface area contributed by atoms with Crippen LogP contribution < -0.4 is 9.47 Å². The Balaban J connectivity index is 2.15. The molecule has 0 fully saturated rings. The number of esters is 1. The highest BCUT2D eigenvalue weighted by atomic mass is 79.9. The molecule has 0 spiro atoms. The number of rotatable bonds is 7. The topological polar surface area (TPSA) is 44.8 Å². The minimum atomic E-state index is -0.525. The molecular weight excluding hydrogens is 455 g/mol. The number of methoxy groups -OCH3 is 1. The molecule has 4 nitrogen and oxygen atoms in total. The fourth-order valence-electron chi connectivity index (χ4n) is 2.09. The summed E-state index contributed by atoms with van der Waals surface area (Å²) in [6.45, 7) is 0.205. The summed E-state index contributed by atoms with van der Waals surface area (Å²) in [6.07, 6.45) is 7.92. The fraction of sp³-hybridized carbons (Fsp3) is 0.150. The van der Waals surface area contributed by atoms with E-state index in [1.54, 1.807) is 30.3 Å². The van der Waals surface area contributed by atoms with Gasteiger partial charge < -0.3 is 14.2 Å². The summed E-state index contributed by atoms with van der Waals surface area (Å²) in [5.74, 6) is 2.73. The van der Waals surface area contributed by atoms with E-state index in [2.05, 4.69) is 21.9 Å². The van der Waals surface area contributed by atoms with Gasteiger partial charge in [-0.2, -0.15) is 0 Å². The van der Waals surface area contributed by atoms with Crippen LogP contribution in [-0.2, 0) is 16.1 Å². The second-order valence-electron chi connectivity index (χ2n) is 5.22. The Morgan fingerprint density at radius 2 is 2.04 bits per heavy atom. The SMILES string of the molecule is C#CCOC(=O)/C=C/c1cc(Br)c(OCc2ccc(Cl)c(Cl)c2)c(OC)c1. The molecule has 27 heavy (non-hydrogen) atoms. The molecule has 0 bridgehead atoms. The first kappa shape index (κ1) is 21.2. The van der Waals surface area contributed by atoms with Gasteiger partial charge in [0, 0.05) is 6.08 Å². The maximum Gasteiger partial charge on any atom is 0.331 e. The molecule has 0 aliphatic heterocycles. The molecule has 2 aromatic rings. The van der Waals surface area contributed by atoms with Crippen LogP contribution in [0.15, 0.2) is 40.9 Å². The third-order valence-corrected chi connectivity index (χ3v) is 4.66. The minimum absolute atomic E-state index is 0.0717. The molecule has 2 aromatic carbocycles. The molecule has 0 aliphatic rings. The van der Waals surface area contributed by atoms with E-state index in [1.807, 2.05) is 6.07 Å². The standard InChI is InChI=1S/C20H15BrCl2O4/c1-3-8-26-19(24)7-5-13-9-15(21)20(18(11-13)25-2)27-12-14-4-6-16(22)17(23)10-14/h1,4-7,9-11H,8,12H2,2H3/b7-5+. The van der Waals surface area contributed by atoms with Crippen LogP contribution in [0.4, 0.5) is 0 Å². The highest BCUT2D eigenvalue weighted by Gasteiger charge is 2.12. The van der Waals surface area contributed by atoms with Crippen molar-refractivity contribution < 1.29 is 19.0 Å². The van der Waals surface area contributed by atoms with Crippen LogP contribution in [0.3, 0.4) is 0 Å². The minimum Gasteiger partial charge on any atom is -0.493 e. The van der Waals surface area contributed by atoms with Gasteiger partial charge in [0.1, 0.15) is 6.61 Å². The number of terminal acetylenes is 1. The summed E-state index contributed by atoms with van der Waals surface area (Å²) in [5, 5.41) is 0.942. The van der Waals surface area contributed by atoms with Crippen molar-refractivity contribution >= 4 is 51.2 Å². The number of hydrogen-bond acceptors (Lipinski definition) is 4. The second kappa shape index (κ2) is 10.3. The van der Waals surface area contributed by atoms with Crippen LogP contribution >= 0.6 is 39.1 Å². The first-order valence-electron chi connectivity index (χ1n) is 7.67. The Morgan fingerprint density at radius 1 is 1.26 bits per heavy atom. The van der Waals surface area contributed by atoms with Gasteiger partial charge in [0.2, 0.25) is 0 Å². The number of hydrogen-bond donors (Lipinski definition) is 0. The Labute approximate surface area is 176 Å². The molecule has 7 heteroatoms. The van der Waals surface area contributed by atoms with Gasteiger partial charge in [0.05, 0.1) is 21.6 Å². The van der Waals surface area contributed by atoms with Gasteiger partial charge in [0.15, 0.2) is 18.1 Å². The predicted octanol–water partition coefficient (Wildman–Crippen LogP) is 5.53. The molecule has 0 N–H and O–H groups in total. The Hall–Kier alpha value is -2.13. The van der Waals surface area contributed by atoms with Crippen LogP contribution in [-0.4, -0.2) is 19.7 Å². The number of carbonyl (C=O) groups excluding carboxylic acids is 1. The van der Waals surface area contributed by atoms with E-state index in [1.165, 1.54) is 13.2 Å². The Kier molecular flexibility index (Phi) is 8.05. The molecule has 0 unspecified atom stereocenters. The van der Waals surface area contributed by atoms with E-state index in [0.29, 0.717) is 26.0 Å². The zero-order chi connectivity index (χ0) is 19.8. The van der Waals surface area contributed by atoms with E-state index in [-0.39, 0.29) is 13.2 Å². The highest BCUT2D eigenvalue weighted by molar-refractivity contribution is 9.10. The molecular formula is C20H15BrCl2O4. The molecule has 0 atom stereocenters. The summed E-state index contributed by atoms with van der Waals surface area (Å²) in [7, 11) is 1.53. The van der Waals surface area contributed by atoms with Gasteiger partial charge in [-0.05, 0) is 57.4 Å². The molecule has 0 aliphatic carbocycles. The zero-order valence-corrected chi connectivity index (χ0v) is 17.4. The molecule has 0 saturated carbocycles. The fourth-order valence-corrected chi connectivity index (χ4v) is 2.98. The maximum atomic E-state index is 11.5. The van der Waals surface area contributed by atoms with Gasteiger partial charge in [-0.15, -0.1) is 6.42 Å². The van der Waals surface area contributed by atoms with Crippen LogP contribution in [0, 0.1) is 12.3 Å². The van der Waals surface area contributed by atoms with E-state index in [0.717, 1.165) is 11.1 Å². The van der Waals surface area contributed by atoms with Gasteiger partial charge >= 0.3 is 5.97 Å². The van der Waals surface area contributed by atoms with Crippen LogP contribution in [0.1, 0.15) is 11.1 Å². The average Bonchev–Trinajstić information content (AvgIpc) is 2.66. The average molecular weight is 470 g/mol. The number of ether oxygens (including phenoxy) is 3.